The summed E-state index contributed by atoms with van der Waals surface area (Å²) in [5.41, 5.74) is 0. The fraction of sp³-hybridized carbons (Fsp3) is 0.741. The molecule has 1 unspecified atom stereocenters. The summed E-state index contributed by atoms with van der Waals surface area (Å²) in [5.74, 6) is -0.915. The van der Waals surface area contributed by atoms with Crippen LogP contribution in [0.4, 0.5) is 0 Å². The van der Waals surface area contributed by atoms with Crippen LogP contribution in [0.15, 0.2) is 72.9 Å². The van der Waals surface area contributed by atoms with Gasteiger partial charge in [0.2, 0.25) is 0 Å². The van der Waals surface area contributed by atoms with Crippen LogP contribution >= 0.6 is 0 Å². The van der Waals surface area contributed by atoms with Crippen molar-refractivity contribution in [1.29, 1.82) is 0 Å². The van der Waals surface area contributed by atoms with Gasteiger partial charge in [0.05, 0.1) is 0 Å². The van der Waals surface area contributed by atoms with Crippen LogP contribution in [0.3, 0.4) is 0 Å². The van der Waals surface area contributed by atoms with E-state index in [1.165, 1.54) is 116 Å². The van der Waals surface area contributed by atoms with Gasteiger partial charge in [-0.3, -0.25) is 14.4 Å². The summed E-state index contributed by atoms with van der Waals surface area (Å²) in [6.07, 6.45) is 66.1. The molecule has 0 aliphatic carbocycles. The Hall–Kier alpha value is -3.15. The van der Waals surface area contributed by atoms with E-state index in [4.69, 9.17) is 14.2 Å². The van der Waals surface area contributed by atoms with E-state index in [0.29, 0.717) is 19.3 Å². The predicted molar refractivity (Wildman–Crippen MR) is 274 cm³/mol. The van der Waals surface area contributed by atoms with E-state index in [1.807, 2.05) is 0 Å². The SMILES string of the molecule is CC/C=C\C/C=C\C/C=C\C/C=C\CCCCCCC(=O)OC(COC(=O)CCCCCCCCCC)COC(=O)CCCCCCCCCCC/C=C\C/C=C\CCCCCCC. The zero-order valence-electron chi connectivity index (χ0n) is 42.0. The van der Waals surface area contributed by atoms with Crippen molar-refractivity contribution in [3.63, 3.8) is 0 Å². The summed E-state index contributed by atoms with van der Waals surface area (Å²) in [4.78, 5) is 37.9. The highest BCUT2D eigenvalue weighted by Gasteiger charge is 2.19. The third-order valence-electron chi connectivity index (χ3n) is 11.4. The van der Waals surface area contributed by atoms with Crippen LogP contribution in [0, 0.1) is 0 Å². The summed E-state index contributed by atoms with van der Waals surface area (Å²) in [5, 5.41) is 0. The van der Waals surface area contributed by atoms with Crippen LogP contribution in [0.5, 0.6) is 0 Å². The largest absolute Gasteiger partial charge is 0.462 e. The van der Waals surface area contributed by atoms with E-state index in [2.05, 4.69) is 93.7 Å². The van der Waals surface area contributed by atoms with Crippen LogP contribution in [-0.4, -0.2) is 37.2 Å². The van der Waals surface area contributed by atoms with Gasteiger partial charge in [-0.15, -0.1) is 0 Å². The second kappa shape index (κ2) is 52.5. The van der Waals surface area contributed by atoms with Gasteiger partial charge in [0.15, 0.2) is 6.10 Å². The Morgan fingerprint density at radius 1 is 0.328 bits per heavy atom. The van der Waals surface area contributed by atoms with Gasteiger partial charge in [0.25, 0.3) is 0 Å². The van der Waals surface area contributed by atoms with Crippen molar-refractivity contribution in [2.45, 2.75) is 264 Å². The van der Waals surface area contributed by atoms with Crippen LogP contribution in [-0.2, 0) is 28.6 Å². The first-order valence-corrected chi connectivity index (χ1v) is 26.9. The molecule has 0 saturated carbocycles. The Morgan fingerprint density at radius 3 is 0.953 bits per heavy atom. The molecule has 0 aromatic rings. The molecule has 0 aromatic carbocycles. The average molecular weight is 893 g/mol. The predicted octanol–water partition coefficient (Wildman–Crippen LogP) is 17.8. The number of hydrogen-bond acceptors (Lipinski definition) is 6. The third kappa shape index (κ3) is 49.9. The van der Waals surface area contributed by atoms with E-state index in [9.17, 15) is 14.4 Å². The van der Waals surface area contributed by atoms with Crippen molar-refractivity contribution < 1.29 is 28.6 Å². The summed E-state index contributed by atoms with van der Waals surface area (Å²) in [7, 11) is 0. The van der Waals surface area contributed by atoms with Crippen LogP contribution in [0.2, 0.25) is 0 Å². The number of unbranched alkanes of at least 4 members (excludes halogenated alkanes) is 25. The minimum atomic E-state index is -0.787. The topological polar surface area (TPSA) is 78.9 Å². The molecule has 0 aliphatic heterocycles. The smallest absolute Gasteiger partial charge is 0.306 e. The van der Waals surface area contributed by atoms with E-state index in [-0.39, 0.29) is 31.1 Å². The lowest BCUT2D eigenvalue weighted by molar-refractivity contribution is -0.167. The number of rotatable bonds is 48. The van der Waals surface area contributed by atoms with Gasteiger partial charge in [-0.2, -0.15) is 0 Å². The van der Waals surface area contributed by atoms with Crippen molar-refractivity contribution in [2.24, 2.45) is 0 Å². The van der Waals surface area contributed by atoms with Gasteiger partial charge in [-0.05, 0) is 89.9 Å². The molecule has 64 heavy (non-hydrogen) atoms. The van der Waals surface area contributed by atoms with Gasteiger partial charge >= 0.3 is 17.9 Å². The first-order chi connectivity index (χ1) is 31.5. The summed E-state index contributed by atoms with van der Waals surface area (Å²) in [6.45, 7) is 6.47. The zero-order valence-corrected chi connectivity index (χ0v) is 42.0. The Kier molecular flexibility index (Phi) is 49.9. The summed E-state index contributed by atoms with van der Waals surface area (Å²) >= 11 is 0. The molecule has 0 fully saturated rings. The maximum absolute atomic E-state index is 12.8. The Balaban J connectivity index is 4.30. The average Bonchev–Trinajstić information content (AvgIpc) is 3.29. The van der Waals surface area contributed by atoms with E-state index >= 15 is 0 Å². The number of esters is 3. The molecule has 1 atom stereocenters. The lowest BCUT2D eigenvalue weighted by Gasteiger charge is -2.18. The van der Waals surface area contributed by atoms with Crippen molar-refractivity contribution >= 4 is 17.9 Å². The molecule has 368 valence electrons. The molecule has 0 aliphatic rings. The van der Waals surface area contributed by atoms with Crippen molar-refractivity contribution in [3.8, 4) is 0 Å². The molecular weight excluding hydrogens is 793 g/mol. The minimum Gasteiger partial charge on any atom is -0.462 e. The van der Waals surface area contributed by atoms with Crippen LogP contribution in [0.1, 0.15) is 258 Å². The number of carbonyl (C=O) groups is 3. The molecule has 6 heteroatoms. The van der Waals surface area contributed by atoms with Crippen molar-refractivity contribution in [3.05, 3.63) is 72.9 Å². The van der Waals surface area contributed by atoms with Gasteiger partial charge in [0.1, 0.15) is 13.2 Å². The minimum absolute atomic E-state index is 0.0859. The third-order valence-corrected chi connectivity index (χ3v) is 11.4. The molecule has 0 heterocycles. The summed E-state index contributed by atoms with van der Waals surface area (Å²) in [6, 6.07) is 0. The highest BCUT2D eigenvalue weighted by Crippen LogP contribution is 2.14. The zero-order chi connectivity index (χ0) is 46.5. The second-order valence-corrected chi connectivity index (χ2v) is 17.8. The second-order valence-electron chi connectivity index (χ2n) is 17.8. The van der Waals surface area contributed by atoms with Crippen LogP contribution in [0.25, 0.3) is 0 Å². The van der Waals surface area contributed by atoms with Gasteiger partial charge in [-0.25, -0.2) is 0 Å². The number of allylic oxidation sites excluding steroid dienone is 12. The fourth-order valence-electron chi connectivity index (χ4n) is 7.40. The maximum atomic E-state index is 12.8. The lowest BCUT2D eigenvalue weighted by Crippen LogP contribution is -2.30. The number of hydrogen-bond donors (Lipinski definition) is 0. The standard InChI is InChI=1S/C58H100O6/c1-4-7-10-13-16-19-21-23-25-27-28-29-30-32-33-35-37-39-42-45-48-51-57(60)63-54-55(53-62-56(59)50-47-44-41-18-15-12-9-6-3)64-58(61)52-49-46-43-40-38-36-34-31-26-24-22-20-17-14-11-8-5-2/h8,11,17,20-21,23-24,26-28,34,36,55H,4-7,9-10,12-16,18-19,22,25,29-33,35,37-54H2,1-3H3/b11-8-,20-17-,23-21-,26-24-,28-27-,36-34-. The molecule has 0 saturated heterocycles. The highest BCUT2D eigenvalue weighted by atomic mass is 16.6. The first kappa shape index (κ1) is 60.9. The van der Waals surface area contributed by atoms with Gasteiger partial charge in [0, 0.05) is 19.3 Å². The highest BCUT2D eigenvalue weighted by molar-refractivity contribution is 5.71. The van der Waals surface area contributed by atoms with Crippen molar-refractivity contribution in [2.75, 3.05) is 13.2 Å². The number of carbonyl (C=O) groups excluding carboxylic acids is 3. The molecule has 0 N–H and O–H groups in total. The first-order valence-electron chi connectivity index (χ1n) is 26.9. The molecule has 0 rings (SSSR count). The molecular formula is C58H100O6. The van der Waals surface area contributed by atoms with E-state index in [1.54, 1.807) is 0 Å². The Morgan fingerprint density at radius 2 is 0.609 bits per heavy atom. The monoisotopic (exact) mass is 893 g/mol. The van der Waals surface area contributed by atoms with Gasteiger partial charge < -0.3 is 14.2 Å². The lowest BCUT2D eigenvalue weighted by atomic mass is 10.1. The Labute approximate surface area is 395 Å². The maximum Gasteiger partial charge on any atom is 0.306 e. The van der Waals surface area contributed by atoms with E-state index < -0.39 is 6.10 Å². The van der Waals surface area contributed by atoms with Crippen molar-refractivity contribution in [1.82, 2.24) is 0 Å². The molecule has 0 amide bonds. The quantitative estimate of drug-likeness (QED) is 0.0262. The fourth-order valence-corrected chi connectivity index (χ4v) is 7.40. The molecule has 0 bridgehead atoms. The van der Waals surface area contributed by atoms with Gasteiger partial charge in [-0.1, -0.05) is 222 Å². The van der Waals surface area contributed by atoms with E-state index in [0.717, 1.165) is 103 Å². The molecule has 0 spiro atoms. The molecule has 6 nitrogen and oxygen atoms in total. The normalized spacial score (nSPS) is 12.6. The molecule has 0 aromatic heterocycles. The molecule has 0 radical (unpaired) electrons. The summed E-state index contributed by atoms with van der Waals surface area (Å²) < 4.78 is 16.8. The number of ether oxygens (including phenoxy) is 3. The van der Waals surface area contributed by atoms with Crippen LogP contribution < -0.4 is 0 Å². The Bertz CT molecular complexity index is 1210.